The molecule has 4 aliphatic rings. The fraction of sp³-hybridized carbons (Fsp3) is 0.750. The molecule has 3 saturated carbocycles. The summed E-state index contributed by atoms with van der Waals surface area (Å²) in [6, 6.07) is 0. The van der Waals surface area contributed by atoms with E-state index in [0.29, 0.717) is 31.0 Å². The van der Waals surface area contributed by atoms with E-state index in [4.69, 9.17) is 0 Å². The predicted octanol–water partition coefficient (Wildman–Crippen LogP) is 3.75. The Morgan fingerprint density at radius 3 is 2.42 bits per heavy atom. The molecule has 5 unspecified atom stereocenters. The normalized spacial score (nSPS) is 47.8. The number of fused-ring (bicyclic) bond motifs is 5. The molecule has 0 amide bonds. The third-order valence-electron chi connectivity index (χ3n) is 7.87. The molecule has 0 aromatic rings. The molecule has 4 heteroatoms. The van der Waals surface area contributed by atoms with E-state index < -0.39 is 10.2 Å². The Hall–Kier alpha value is -0.900. The topological polar surface area (TPSA) is 51.2 Å². The monoisotopic (exact) mass is 346 g/mol. The molecule has 4 aliphatic carbocycles. The summed E-state index contributed by atoms with van der Waals surface area (Å²) in [5.41, 5.74) is 0.515. The minimum Gasteiger partial charge on any atom is -0.299 e. The number of carbonyl (C=O) groups is 3. The molecular weight excluding hydrogens is 320 g/mol. The first kappa shape index (κ1) is 16.6. The van der Waals surface area contributed by atoms with Gasteiger partial charge in [0, 0.05) is 30.1 Å². The van der Waals surface area contributed by atoms with Gasteiger partial charge in [0.2, 0.25) is 0 Å². The summed E-state index contributed by atoms with van der Waals surface area (Å²) in [4.78, 5) is 38.0. The van der Waals surface area contributed by atoms with Crippen LogP contribution in [0.1, 0.15) is 58.8 Å². The Bertz CT molecular complexity index is 680. The molecule has 0 spiro atoms. The Morgan fingerprint density at radius 1 is 1.00 bits per heavy atom. The van der Waals surface area contributed by atoms with E-state index in [-0.39, 0.29) is 22.9 Å². The number of carbonyl (C=O) groups excluding carboxylic acids is 3. The third kappa shape index (κ3) is 1.73. The zero-order valence-electron chi connectivity index (χ0n) is 14.8. The van der Waals surface area contributed by atoms with Gasteiger partial charge in [0.25, 0.3) is 0 Å². The van der Waals surface area contributed by atoms with Crippen molar-refractivity contribution >= 4 is 29.1 Å². The van der Waals surface area contributed by atoms with Gasteiger partial charge in [0.05, 0.1) is 4.75 Å². The lowest BCUT2D eigenvalue weighted by Crippen LogP contribution is -2.66. The van der Waals surface area contributed by atoms with Crippen molar-refractivity contribution in [1.82, 2.24) is 0 Å². The lowest BCUT2D eigenvalue weighted by Gasteiger charge is -2.62. The molecule has 3 fully saturated rings. The lowest BCUT2D eigenvalue weighted by molar-refractivity contribution is -0.146. The molecule has 0 N–H and O–H groups in total. The number of allylic oxidation sites excluding steroid dienone is 1. The molecule has 130 valence electrons. The van der Waals surface area contributed by atoms with Crippen molar-refractivity contribution in [3.8, 4) is 0 Å². The van der Waals surface area contributed by atoms with Crippen LogP contribution >= 0.6 is 11.8 Å². The first-order valence-electron chi connectivity index (χ1n) is 9.15. The Balaban J connectivity index is 1.88. The minimum atomic E-state index is -0.452. The highest BCUT2D eigenvalue weighted by Gasteiger charge is 2.69. The summed E-state index contributed by atoms with van der Waals surface area (Å²) in [7, 11) is 0. The summed E-state index contributed by atoms with van der Waals surface area (Å²) in [6.07, 6.45) is 9.02. The van der Waals surface area contributed by atoms with E-state index in [9.17, 15) is 14.4 Å². The highest BCUT2D eigenvalue weighted by molar-refractivity contribution is 8.00. The van der Waals surface area contributed by atoms with E-state index in [0.717, 1.165) is 25.7 Å². The van der Waals surface area contributed by atoms with E-state index in [1.54, 1.807) is 11.8 Å². The summed E-state index contributed by atoms with van der Waals surface area (Å²) in [5, 5.41) is 0. The summed E-state index contributed by atoms with van der Waals surface area (Å²) in [6.45, 7) is 4.25. The van der Waals surface area contributed by atoms with Crippen LogP contribution in [0.2, 0.25) is 0 Å². The van der Waals surface area contributed by atoms with Crippen LogP contribution in [-0.2, 0) is 14.4 Å². The van der Waals surface area contributed by atoms with Crippen molar-refractivity contribution < 1.29 is 14.4 Å². The molecular formula is C20H26O3S. The third-order valence-corrected chi connectivity index (χ3v) is 9.49. The number of hydrogen-bond donors (Lipinski definition) is 0. The van der Waals surface area contributed by atoms with Crippen LogP contribution in [0.25, 0.3) is 0 Å². The molecule has 0 radical (unpaired) electrons. The quantitative estimate of drug-likeness (QED) is 0.725. The van der Waals surface area contributed by atoms with Crippen molar-refractivity contribution in [1.29, 1.82) is 0 Å². The maximum Gasteiger partial charge on any atom is 0.155 e. The number of rotatable bonds is 1. The zero-order valence-corrected chi connectivity index (χ0v) is 15.6. The van der Waals surface area contributed by atoms with Crippen LogP contribution < -0.4 is 0 Å². The van der Waals surface area contributed by atoms with Gasteiger partial charge in [0.1, 0.15) is 5.78 Å². The van der Waals surface area contributed by atoms with Crippen LogP contribution in [0.5, 0.6) is 0 Å². The number of ketones is 3. The molecule has 5 atom stereocenters. The standard InChI is InChI=1S/C20H26O3S/c1-18-11-17(23)20(24-3)15(14(18)6-7-16(18)22)5-4-12-10-13(21)8-9-19(12,20)2/h10,14-15H,4-9,11H2,1-3H3. The van der Waals surface area contributed by atoms with E-state index in [1.807, 2.05) is 13.0 Å². The van der Waals surface area contributed by atoms with Gasteiger partial charge in [-0.3, -0.25) is 14.4 Å². The van der Waals surface area contributed by atoms with Gasteiger partial charge in [0.15, 0.2) is 11.6 Å². The van der Waals surface area contributed by atoms with Gasteiger partial charge < -0.3 is 0 Å². The van der Waals surface area contributed by atoms with E-state index >= 15 is 0 Å². The molecule has 0 aliphatic heterocycles. The van der Waals surface area contributed by atoms with Crippen LogP contribution in [-0.4, -0.2) is 28.4 Å². The maximum absolute atomic E-state index is 13.5. The summed E-state index contributed by atoms with van der Waals surface area (Å²) < 4.78 is -0.452. The molecule has 4 rings (SSSR count). The van der Waals surface area contributed by atoms with Crippen LogP contribution in [0.15, 0.2) is 11.6 Å². The predicted molar refractivity (Wildman–Crippen MR) is 94.9 cm³/mol. The lowest BCUT2D eigenvalue weighted by atomic mass is 9.46. The molecule has 3 nitrogen and oxygen atoms in total. The SMILES string of the molecule is CSC12C(=O)CC3(C)C(=O)CCC3C1CCC1=CC(=O)CCC12C. The highest BCUT2D eigenvalue weighted by Crippen LogP contribution is 2.68. The van der Waals surface area contributed by atoms with Gasteiger partial charge in [-0.15, -0.1) is 11.8 Å². The molecule has 0 heterocycles. The Labute approximate surface area is 148 Å². The summed E-state index contributed by atoms with van der Waals surface area (Å²) in [5.74, 6) is 1.35. The van der Waals surface area contributed by atoms with Gasteiger partial charge in [-0.25, -0.2) is 0 Å². The zero-order chi connectivity index (χ0) is 17.3. The Morgan fingerprint density at radius 2 is 1.71 bits per heavy atom. The number of thioether (sulfide) groups is 1. The maximum atomic E-state index is 13.5. The van der Waals surface area contributed by atoms with E-state index in [2.05, 4.69) is 13.2 Å². The smallest absolute Gasteiger partial charge is 0.155 e. The van der Waals surface area contributed by atoms with Crippen LogP contribution in [0, 0.1) is 22.7 Å². The molecule has 0 saturated heterocycles. The fourth-order valence-corrected chi connectivity index (χ4v) is 8.15. The Kier molecular flexibility index (Phi) is 3.49. The fourth-order valence-electron chi connectivity index (χ4n) is 6.58. The molecule has 0 aromatic carbocycles. The van der Waals surface area contributed by atoms with Gasteiger partial charge in [-0.05, 0) is 49.9 Å². The van der Waals surface area contributed by atoms with Gasteiger partial charge in [-0.1, -0.05) is 19.4 Å². The van der Waals surface area contributed by atoms with E-state index in [1.165, 1.54) is 5.57 Å². The second-order valence-corrected chi connectivity index (χ2v) is 9.69. The van der Waals surface area contributed by atoms with Crippen molar-refractivity contribution in [3.63, 3.8) is 0 Å². The number of Topliss-reactive ketones (excluding diaryl/α,β-unsaturated/α-hetero) is 2. The largest absolute Gasteiger partial charge is 0.299 e. The van der Waals surface area contributed by atoms with Gasteiger partial charge in [-0.2, -0.15) is 0 Å². The average Bonchev–Trinajstić information content (AvgIpc) is 2.82. The average molecular weight is 346 g/mol. The van der Waals surface area contributed by atoms with Crippen molar-refractivity contribution in [2.45, 2.75) is 63.5 Å². The second-order valence-electron chi connectivity index (χ2n) is 8.64. The highest BCUT2D eigenvalue weighted by atomic mass is 32.2. The van der Waals surface area contributed by atoms with Crippen molar-refractivity contribution in [2.24, 2.45) is 22.7 Å². The number of hydrogen-bond acceptors (Lipinski definition) is 4. The van der Waals surface area contributed by atoms with Crippen LogP contribution in [0.4, 0.5) is 0 Å². The molecule has 0 bridgehead atoms. The second kappa shape index (κ2) is 5.06. The van der Waals surface area contributed by atoms with Gasteiger partial charge >= 0.3 is 0 Å². The summed E-state index contributed by atoms with van der Waals surface area (Å²) >= 11 is 1.71. The van der Waals surface area contributed by atoms with Crippen molar-refractivity contribution in [2.75, 3.05) is 6.26 Å². The van der Waals surface area contributed by atoms with Crippen LogP contribution in [0.3, 0.4) is 0 Å². The first-order valence-corrected chi connectivity index (χ1v) is 10.4. The van der Waals surface area contributed by atoms with Crippen molar-refractivity contribution in [3.05, 3.63) is 11.6 Å². The minimum absolute atomic E-state index is 0.210. The first-order chi connectivity index (χ1) is 11.3. The molecule has 0 aromatic heterocycles. The molecule has 24 heavy (non-hydrogen) atoms.